The van der Waals surface area contributed by atoms with Crippen molar-refractivity contribution in [2.75, 3.05) is 34.4 Å². The van der Waals surface area contributed by atoms with Gasteiger partial charge in [-0.3, -0.25) is 19.3 Å². The van der Waals surface area contributed by atoms with Crippen molar-refractivity contribution in [3.05, 3.63) is 35.1 Å². The molecule has 0 bridgehead atoms. The Bertz CT molecular complexity index is 823. The molecule has 8 nitrogen and oxygen atoms in total. The number of ether oxygens (including phenoxy) is 2. The summed E-state index contributed by atoms with van der Waals surface area (Å²) in [5.74, 6) is -2.18. The van der Waals surface area contributed by atoms with Gasteiger partial charge in [-0.2, -0.15) is 5.26 Å². The number of carbonyl (C=O) groups excluding carboxylic acids is 3. The van der Waals surface area contributed by atoms with Crippen LogP contribution >= 0.6 is 0 Å². The van der Waals surface area contributed by atoms with Crippen LogP contribution in [0, 0.1) is 23.1 Å². The Kier molecular flexibility index (Phi) is 7.67. The van der Waals surface area contributed by atoms with Crippen LogP contribution in [0.2, 0.25) is 0 Å². The Balaban J connectivity index is 2.06. The van der Waals surface area contributed by atoms with E-state index >= 15 is 0 Å². The van der Waals surface area contributed by atoms with Gasteiger partial charge in [0.1, 0.15) is 11.9 Å². The molecule has 1 aromatic carbocycles. The fourth-order valence-corrected chi connectivity index (χ4v) is 3.37. The van der Waals surface area contributed by atoms with Crippen molar-refractivity contribution in [3.8, 4) is 6.07 Å². The van der Waals surface area contributed by atoms with E-state index in [1.54, 1.807) is 4.90 Å². The number of hydrogen-bond acceptors (Lipinski definition) is 7. The standard InChI is InChI=1S/C20H24FN3O5/c1-23(11-15-8-13(10-22)4-5-16(15)21)18(25)12-24-7-6-14(19(26)28-2)9-17(24)20(27)29-3/h4-5,8,14,17H,6-7,9,11-12H2,1-3H3/t14-,17+/m0/s1. The summed E-state index contributed by atoms with van der Waals surface area (Å²) < 4.78 is 23.6. The number of halogens is 1. The van der Waals surface area contributed by atoms with Gasteiger partial charge in [-0.15, -0.1) is 0 Å². The van der Waals surface area contributed by atoms with Crippen LogP contribution in [0.5, 0.6) is 0 Å². The number of nitriles is 1. The Labute approximate surface area is 168 Å². The van der Waals surface area contributed by atoms with Crippen LogP contribution in [-0.4, -0.2) is 68.0 Å². The Morgan fingerprint density at radius 3 is 2.59 bits per heavy atom. The molecule has 0 radical (unpaired) electrons. The monoisotopic (exact) mass is 405 g/mol. The maximum absolute atomic E-state index is 14.0. The van der Waals surface area contributed by atoms with E-state index in [0.717, 1.165) is 0 Å². The van der Waals surface area contributed by atoms with Crippen molar-refractivity contribution in [3.63, 3.8) is 0 Å². The lowest BCUT2D eigenvalue weighted by Gasteiger charge is -2.37. The van der Waals surface area contributed by atoms with Gasteiger partial charge in [-0.05, 0) is 31.0 Å². The first kappa shape index (κ1) is 22.3. The highest BCUT2D eigenvalue weighted by Gasteiger charge is 2.38. The van der Waals surface area contributed by atoms with Crippen molar-refractivity contribution in [1.29, 1.82) is 5.26 Å². The fraction of sp³-hybridized carbons (Fsp3) is 0.500. The number of nitrogens with zero attached hydrogens (tertiary/aromatic N) is 3. The van der Waals surface area contributed by atoms with Crippen LogP contribution in [0.3, 0.4) is 0 Å². The van der Waals surface area contributed by atoms with E-state index in [1.165, 1.54) is 44.4 Å². The molecule has 0 aliphatic carbocycles. The largest absolute Gasteiger partial charge is 0.469 e. The third kappa shape index (κ3) is 5.51. The van der Waals surface area contributed by atoms with Gasteiger partial charge in [0.05, 0.1) is 38.3 Å². The van der Waals surface area contributed by atoms with Crippen LogP contribution in [0.15, 0.2) is 18.2 Å². The van der Waals surface area contributed by atoms with Gasteiger partial charge >= 0.3 is 11.9 Å². The number of carbonyl (C=O) groups is 3. The van der Waals surface area contributed by atoms with Crippen molar-refractivity contribution in [2.24, 2.45) is 5.92 Å². The molecule has 1 fully saturated rings. The summed E-state index contributed by atoms with van der Waals surface area (Å²) in [4.78, 5) is 39.6. The summed E-state index contributed by atoms with van der Waals surface area (Å²) >= 11 is 0. The summed E-state index contributed by atoms with van der Waals surface area (Å²) in [5, 5.41) is 8.96. The molecule has 0 spiro atoms. The second kappa shape index (κ2) is 9.98. The highest BCUT2D eigenvalue weighted by atomic mass is 19.1. The molecule has 1 aliphatic heterocycles. The number of hydrogen-bond donors (Lipinski definition) is 0. The van der Waals surface area contributed by atoms with Gasteiger partial charge in [-0.1, -0.05) is 0 Å². The lowest BCUT2D eigenvalue weighted by Crippen LogP contribution is -2.52. The van der Waals surface area contributed by atoms with E-state index < -0.39 is 29.7 Å². The SMILES string of the molecule is COC(=O)[C@H]1CCN(CC(=O)N(C)Cc2cc(C#N)ccc2F)[C@@H](C(=O)OC)C1. The maximum atomic E-state index is 14.0. The third-order valence-corrected chi connectivity index (χ3v) is 5.07. The minimum absolute atomic E-state index is 0.0122. The quantitative estimate of drug-likeness (QED) is 0.653. The zero-order chi connectivity index (χ0) is 21.6. The predicted octanol–water partition coefficient (Wildman–Crippen LogP) is 1.08. The van der Waals surface area contributed by atoms with Crippen molar-refractivity contribution in [2.45, 2.75) is 25.4 Å². The third-order valence-electron chi connectivity index (χ3n) is 5.07. The number of piperidine rings is 1. The molecule has 2 rings (SSSR count). The molecular formula is C20H24FN3O5. The molecule has 156 valence electrons. The van der Waals surface area contributed by atoms with E-state index in [9.17, 15) is 18.8 Å². The van der Waals surface area contributed by atoms with Crippen molar-refractivity contribution in [1.82, 2.24) is 9.80 Å². The van der Waals surface area contributed by atoms with Gasteiger partial charge in [0.2, 0.25) is 5.91 Å². The number of esters is 2. The predicted molar refractivity (Wildman–Crippen MR) is 99.7 cm³/mol. The summed E-state index contributed by atoms with van der Waals surface area (Å²) in [5.41, 5.74) is 0.534. The van der Waals surface area contributed by atoms with Gasteiger partial charge in [-0.25, -0.2) is 4.39 Å². The van der Waals surface area contributed by atoms with Crippen LogP contribution in [0.1, 0.15) is 24.0 Å². The number of benzene rings is 1. The average molecular weight is 405 g/mol. The number of methoxy groups -OCH3 is 2. The molecule has 0 aromatic heterocycles. The summed E-state index contributed by atoms with van der Waals surface area (Å²) in [7, 11) is 4.07. The average Bonchev–Trinajstić information content (AvgIpc) is 2.74. The molecule has 1 saturated heterocycles. The minimum atomic E-state index is -0.742. The molecule has 1 heterocycles. The van der Waals surface area contributed by atoms with E-state index in [1.807, 2.05) is 6.07 Å². The first-order valence-corrected chi connectivity index (χ1v) is 9.12. The van der Waals surface area contributed by atoms with Gasteiger partial charge < -0.3 is 14.4 Å². The van der Waals surface area contributed by atoms with Gasteiger partial charge in [0, 0.05) is 25.7 Å². The lowest BCUT2D eigenvalue weighted by molar-refractivity contribution is -0.155. The first-order valence-electron chi connectivity index (χ1n) is 9.12. The Morgan fingerprint density at radius 2 is 1.97 bits per heavy atom. The molecule has 1 amide bonds. The van der Waals surface area contributed by atoms with Gasteiger partial charge in [0.15, 0.2) is 0 Å². The van der Waals surface area contributed by atoms with E-state index in [2.05, 4.69) is 0 Å². The molecule has 1 aliphatic rings. The number of rotatable bonds is 6. The molecule has 0 N–H and O–H groups in total. The molecule has 0 saturated carbocycles. The minimum Gasteiger partial charge on any atom is -0.469 e. The topological polar surface area (TPSA) is 99.9 Å². The highest BCUT2D eigenvalue weighted by molar-refractivity contribution is 5.81. The zero-order valence-corrected chi connectivity index (χ0v) is 16.7. The molecule has 0 unspecified atom stereocenters. The first-order chi connectivity index (χ1) is 13.8. The summed E-state index contributed by atoms with van der Waals surface area (Å²) in [6, 6.07) is 5.16. The van der Waals surface area contributed by atoms with Gasteiger partial charge in [0.25, 0.3) is 0 Å². The lowest BCUT2D eigenvalue weighted by atomic mass is 9.90. The smallest absolute Gasteiger partial charge is 0.323 e. The summed E-state index contributed by atoms with van der Waals surface area (Å²) in [6.45, 7) is 0.253. The second-order valence-corrected chi connectivity index (χ2v) is 6.92. The molecule has 9 heteroatoms. The zero-order valence-electron chi connectivity index (χ0n) is 16.7. The molecule has 29 heavy (non-hydrogen) atoms. The van der Waals surface area contributed by atoms with Crippen LogP contribution in [0.25, 0.3) is 0 Å². The molecular weight excluding hydrogens is 381 g/mol. The number of amides is 1. The molecule has 2 atom stereocenters. The number of likely N-dealkylation sites (tertiary alicyclic amines) is 1. The van der Waals surface area contributed by atoms with E-state index in [-0.39, 0.29) is 31.0 Å². The van der Waals surface area contributed by atoms with Crippen molar-refractivity contribution >= 4 is 17.8 Å². The highest BCUT2D eigenvalue weighted by Crippen LogP contribution is 2.25. The maximum Gasteiger partial charge on any atom is 0.323 e. The Morgan fingerprint density at radius 1 is 1.28 bits per heavy atom. The number of likely N-dealkylation sites (N-methyl/N-ethyl adjacent to an activating group) is 1. The summed E-state index contributed by atoms with van der Waals surface area (Å²) in [6.07, 6.45) is 0.658. The van der Waals surface area contributed by atoms with E-state index in [0.29, 0.717) is 18.5 Å². The Hall–Kier alpha value is -2.99. The normalized spacial score (nSPS) is 19.1. The molecule has 1 aromatic rings. The van der Waals surface area contributed by atoms with Crippen LogP contribution in [0.4, 0.5) is 4.39 Å². The van der Waals surface area contributed by atoms with Crippen molar-refractivity contribution < 1.29 is 28.2 Å². The van der Waals surface area contributed by atoms with Crippen LogP contribution in [-0.2, 0) is 30.4 Å². The van der Waals surface area contributed by atoms with E-state index in [4.69, 9.17) is 14.7 Å². The van der Waals surface area contributed by atoms with Crippen LogP contribution < -0.4 is 0 Å². The fourth-order valence-electron chi connectivity index (χ4n) is 3.37. The second-order valence-electron chi connectivity index (χ2n) is 6.92.